The van der Waals surface area contributed by atoms with Crippen molar-refractivity contribution in [3.8, 4) is 5.75 Å². The molecule has 0 unspecified atom stereocenters. The Morgan fingerprint density at radius 1 is 1.60 bits per heavy atom. The summed E-state index contributed by atoms with van der Waals surface area (Å²) in [5, 5.41) is 11.0. The van der Waals surface area contributed by atoms with Crippen LogP contribution in [-0.4, -0.2) is 16.5 Å². The Morgan fingerprint density at radius 2 is 2.33 bits per heavy atom. The molecule has 0 N–H and O–H groups in total. The molecule has 0 radical (unpaired) electrons. The van der Waals surface area contributed by atoms with E-state index >= 15 is 0 Å². The van der Waals surface area contributed by atoms with Gasteiger partial charge in [-0.1, -0.05) is 11.6 Å². The Hall–Kier alpha value is -1.36. The van der Waals surface area contributed by atoms with Crippen molar-refractivity contribution in [2.24, 2.45) is 0 Å². The first kappa shape index (κ1) is 10.2. The lowest BCUT2D eigenvalue weighted by Gasteiger charge is -2.15. The molecular formula is C9H9ClN2O3. The van der Waals surface area contributed by atoms with Crippen molar-refractivity contribution >= 4 is 17.4 Å². The fourth-order valence-electron chi connectivity index (χ4n) is 1.57. The van der Waals surface area contributed by atoms with Gasteiger partial charge in [-0.05, 0) is 23.3 Å². The molecule has 1 aliphatic rings. The summed E-state index contributed by atoms with van der Waals surface area (Å²) in [5.41, 5.74) is 0.950. The van der Waals surface area contributed by atoms with Gasteiger partial charge in [0, 0.05) is 6.42 Å². The summed E-state index contributed by atoms with van der Waals surface area (Å²) in [6, 6.07) is 0. The molecule has 5 nitrogen and oxygen atoms in total. The zero-order valence-corrected chi connectivity index (χ0v) is 8.87. The van der Waals surface area contributed by atoms with Crippen LogP contribution in [0.3, 0.4) is 0 Å². The van der Waals surface area contributed by atoms with E-state index in [0.29, 0.717) is 35.1 Å². The van der Waals surface area contributed by atoms with Crippen molar-refractivity contribution in [1.29, 1.82) is 0 Å². The lowest BCUT2D eigenvalue weighted by Crippen LogP contribution is -2.12. The van der Waals surface area contributed by atoms with E-state index in [1.165, 1.54) is 0 Å². The maximum absolute atomic E-state index is 10.7. The highest BCUT2D eigenvalue weighted by Gasteiger charge is 2.27. The third-order valence-electron chi connectivity index (χ3n) is 2.34. The van der Waals surface area contributed by atoms with E-state index in [2.05, 4.69) is 4.98 Å². The summed E-state index contributed by atoms with van der Waals surface area (Å²) in [5.74, 6) is 0.329. The van der Waals surface area contributed by atoms with Crippen LogP contribution in [0.5, 0.6) is 5.75 Å². The molecule has 1 aromatic rings. The molecule has 1 aromatic heterocycles. The number of rotatable bonds is 1. The quantitative estimate of drug-likeness (QED) is 0.546. The molecule has 0 saturated heterocycles. The van der Waals surface area contributed by atoms with Crippen LogP contribution in [0, 0.1) is 17.0 Å². The van der Waals surface area contributed by atoms with Crippen LogP contribution in [-0.2, 0) is 6.42 Å². The van der Waals surface area contributed by atoms with Gasteiger partial charge in [0.2, 0.25) is 0 Å². The number of pyridine rings is 1. The summed E-state index contributed by atoms with van der Waals surface area (Å²) in [7, 11) is 0. The Bertz CT molecular complexity index is 434. The van der Waals surface area contributed by atoms with Crippen LogP contribution in [0.4, 0.5) is 5.82 Å². The van der Waals surface area contributed by atoms with Crippen molar-refractivity contribution in [1.82, 2.24) is 4.98 Å². The molecule has 0 bridgehead atoms. The van der Waals surface area contributed by atoms with Crippen molar-refractivity contribution in [2.75, 3.05) is 6.61 Å². The van der Waals surface area contributed by atoms with Crippen LogP contribution < -0.4 is 4.74 Å². The third kappa shape index (κ3) is 1.63. The maximum atomic E-state index is 10.7. The molecule has 6 heteroatoms. The number of fused-ring (bicyclic) bond motifs is 1. The Kier molecular flexibility index (Phi) is 2.48. The van der Waals surface area contributed by atoms with Crippen LogP contribution in [0.15, 0.2) is 0 Å². The predicted octanol–water partition coefficient (Wildman–Crippen LogP) is 2.28. The minimum Gasteiger partial charge on any atom is -0.488 e. The van der Waals surface area contributed by atoms with E-state index in [9.17, 15) is 10.1 Å². The molecule has 2 heterocycles. The highest BCUT2D eigenvalue weighted by molar-refractivity contribution is 6.33. The van der Waals surface area contributed by atoms with Gasteiger partial charge in [-0.25, -0.2) is 0 Å². The van der Waals surface area contributed by atoms with Crippen molar-refractivity contribution < 1.29 is 9.66 Å². The summed E-state index contributed by atoms with van der Waals surface area (Å²) in [6.07, 6.45) is 1.49. The van der Waals surface area contributed by atoms with Crippen LogP contribution >= 0.6 is 11.6 Å². The zero-order valence-electron chi connectivity index (χ0n) is 8.12. The third-order valence-corrected chi connectivity index (χ3v) is 2.80. The minimum atomic E-state index is -0.518. The molecule has 0 aliphatic carbocycles. The zero-order chi connectivity index (χ0) is 11.0. The lowest BCUT2D eigenvalue weighted by molar-refractivity contribution is -0.390. The molecular weight excluding hydrogens is 220 g/mol. The molecule has 0 saturated carbocycles. The van der Waals surface area contributed by atoms with Gasteiger partial charge in [0.15, 0.2) is 11.4 Å². The minimum absolute atomic E-state index is 0.177. The average Bonchev–Trinajstić information content (AvgIpc) is 2.23. The number of nitrogens with zero attached hydrogens (tertiary/aromatic N) is 2. The van der Waals surface area contributed by atoms with E-state index in [1.54, 1.807) is 6.92 Å². The fraction of sp³-hybridized carbons (Fsp3) is 0.444. The number of ether oxygens (including phenoxy) is 1. The number of aromatic nitrogens is 1. The fourth-order valence-corrected chi connectivity index (χ4v) is 1.81. The smallest absolute Gasteiger partial charge is 0.368 e. The van der Waals surface area contributed by atoms with Gasteiger partial charge < -0.3 is 14.9 Å². The van der Waals surface area contributed by atoms with Crippen molar-refractivity contribution in [2.45, 2.75) is 19.8 Å². The van der Waals surface area contributed by atoms with Gasteiger partial charge in [-0.15, -0.1) is 0 Å². The molecule has 0 fully saturated rings. The SMILES string of the molecule is Cc1c([N+](=O)[O-])nc2c(c1Cl)OCCC2. The second-order valence-electron chi connectivity index (χ2n) is 3.36. The number of aryl methyl sites for hydroxylation is 1. The van der Waals surface area contributed by atoms with E-state index in [0.717, 1.165) is 6.42 Å². The van der Waals surface area contributed by atoms with Crippen LogP contribution in [0.1, 0.15) is 17.7 Å². The first-order valence-electron chi connectivity index (χ1n) is 4.57. The van der Waals surface area contributed by atoms with E-state index in [4.69, 9.17) is 16.3 Å². The summed E-state index contributed by atoms with van der Waals surface area (Å²) in [6.45, 7) is 2.16. The number of halogens is 1. The van der Waals surface area contributed by atoms with Crippen LogP contribution in [0.25, 0.3) is 0 Å². The van der Waals surface area contributed by atoms with E-state index in [1.807, 2.05) is 0 Å². The molecule has 15 heavy (non-hydrogen) atoms. The number of hydrogen-bond acceptors (Lipinski definition) is 4. The first-order chi connectivity index (χ1) is 7.11. The Morgan fingerprint density at radius 3 is 3.00 bits per heavy atom. The Labute approximate surface area is 91.2 Å². The summed E-state index contributed by atoms with van der Waals surface area (Å²) < 4.78 is 5.35. The van der Waals surface area contributed by atoms with E-state index in [-0.39, 0.29) is 5.82 Å². The van der Waals surface area contributed by atoms with Gasteiger partial charge in [0.1, 0.15) is 0 Å². The van der Waals surface area contributed by atoms with E-state index < -0.39 is 4.92 Å². The molecule has 0 atom stereocenters. The van der Waals surface area contributed by atoms with Crippen LogP contribution in [0.2, 0.25) is 5.02 Å². The molecule has 0 amide bonds. The number of nitro groups is 1. The molecule has 0 aromatic carbocycles. The molecule has 80 valence electrons. The maximum Gasteiger partial charge on any atom is 0.368 e. The topological polar surface area (TPSA) is 65.3 Å². The van der Waals surface area contributed by atoms with Crippen molar-refractivity contribution in [3.63, 3.8) is 0 Å². The standard InChI is InChI=1S/C9H9ClN2O3/c1-5-7(10)8-6(3-2-4-15-8)11-9(5)12(13)14/h2-4H2,1H3. The summed E-state index contributed by atoms with van der Waals surface area (Å²) >= 11 is 5.99. The van der Waals surface area contributed by atoms with Gasteiger partial charge >= 0.3 is 5.82 Å². The monoisotopic (exact) mass is 228 g/mol. The lowest BCUT2D eigenvalue weighted by atomic mass is 10.1. The predicted molar refractivity (Wildman–Crippen MR) is 54.5 cm³/mol. The van der Waals surface area contributed by atoms with Gasteiger partial charge in [0.25, 0.3) is 0 Å². The second-order valence-corrected chi connectivity index (χ2v) is 3.74. The molecule has 0 spiro atoms. The highest BCUT2D eigenvalue weighted by atomic mass is 35.5. The van der Waals surface area contributed by atoms with Gasteiger partial charge in [-0.2, -0.15) is 0 Å². The summed E-state index contributed by atoms with van der Waals surface area (Å²) in [4.78, 5) is 14.2. The van der Waals surface area contributed by atoms with Crippen molar-refractivity contribution in [3.05, 3.63) is 26.4 Å². The van der Waals surface area contributed by atoms with Gasteiger partial charge in [0.05, 0.1) is 17.2 Å². The normalized spacial score (nSPS) is 14.3. The molecule has 1 aliphatic heterocycles. The second kappa shape index (κ2) is 3.66. The average molecular weight is 229 g/mol. The molecule has 2 rings (SSSR count). The number of hydrogen-bond donors (Lipinski definition) is 0. The highest BCUT2D eigenvalue weighted by Crippen LogP contribution is 2.37. The van der Waals surface area contributed by atoms with Gasteiger partial charge in [-0.3, -0.25) is 0 Å². The largest absolute Gasteiger partial charge is 0.488 e. The Balaban J connectivity index is 2.63. The first-order valence-corrected chi connectivity index (χ1v) is 4.95.